The van der Waals surface area contributed by atoms with Crippen molar-refractivity contribution in [1.29, 1.82) is 0 Å². The van der Waals surface area contributed by atoms with E-state index < -0.39 is 0 Å². The van der Waals surface area contributed by atoms with Gasteiger partial charge in [-0.3, -0.25) is 4.79 Å². The van der Waals surface area contributed by atoms with Gasteiger partial charge in [0.25, 0.3) is 0 Å². The third kappa shape index (κ3) is 4.18. The molecule has 8 nitrogen and oxygen atoms in total. The minimum atomic E-state index is -0.169. The van der Waals surface area contributed by atoms with Crippen LogP contribution in [0.3, 0.4) is 0 Å². The quantitative estimate of drug-likeness (QED) is 0.450. The molecule has 1 aliphatic rings. The number of para-hydroxylation sites is 1. The van der Waals surface area contributed by atoms with Crippen LogP contribution >= 0.6 is 11.6 Å². The van der Waals surface area contributed by atoms with Crippen LogP contribution in [0.1, 0.15) is 23.6 Å². The van der Waals surface area contributed by atoms with Crippen molar-refractivity contribution in [2.45, 2.75) is 26.7 Å². The Morgan fingerprint density at radius 3 is 2.79 bits per heavy atom. The summed E-state index contributed by atoms with van der Waals surface area (Å²) < 4.78 is 11.5. The molecule has 0 fully saturated rings. The first-order valence-electron chi connectivity index (χ1n) is 10.3. The second-order valence-electron chi connectivity index (χ2n) is 7.65. The van der Waals surface area contributed by atoms with E-state index in [-0.39, 0.29) is 24.5 Å². The van der Waals surface area contributed by atoms with Gasteiger partial charge in [0.2, 0.25) is 11.9 Å². The van der Waals surface area contributed by atoms with Crippen molar-refractivity contribution in [3.8, 4) is 17.4 Å². The van der Waals surface area contributed by atoms with Gasteiger partial charge in [0.15, 0.2) is 5.82 Å². The molecular weight excluding hydrogens is 442 g/mol. The summed E-state index contributed by atoms with van der Waals surface area (Å²) in [4.78, 5) is 24.4. The topological polar surface area (TPSA) is 112 Å². The number of nitrogen functional groups attached to an aromatic ring is 1. The molecule has 0 saturated carbocycles. The first-order chi connectivity index (χ1) is 16.0. The Kier molecular flexibility index (Phi) is 5.53. The fourth-order valence-electron chi connectivity index (χ4n) is 3.99. The molecule has 0 atom stereocenters. The Labute approximate surface area is 194 Å². The van der Waals surface area contributed by atoms with Gasteiger partial charge in [-0.05, 0) is 34.0 Å². The van der Waals surface area contributed by atoms with Gasteiger partial charge in [-0.2, -0.15) is 15.0 Å². The molecule has 1 aromatic heterocycles. The number of carbonyl (C=O) groups excluding carboxylic acids is 1. The lowest BCUT2D eigenvalue weighted by Gasteiger charge is -2.20. The number of nitrogens with two attached hydrogens (primary N) is 1. The molecule has 33 heavy (non-hydrogen) atoms. The fraction of sp³-hybridized carbons (Fsp3) is 0.167. The van der Waals surface area contributed by atoms with E-state index in [2.05, 4.69) is 20.3 Å². The zero-order valence-electron chi connectivity index (χ0n) is 17.8. The molecule has 0 radical (unpaired) electrons. The summed E-state index contributed by atoms with van der Waals surface area (Å²) in [5.74, 6) is 0.176. The molecule has 0 bridgehead atoms. The highest BCUT2D eigenvalue weighted by Crippen LogP contribution is 2.39. The molecule has 9 heteroatoms. The van der Waals surface area contributed by atoms with Crippen LogP contribution in [-0.2, 0) is 29.4 Å². The first-order valence-corrected chi connectivity index (χ1v) is 10.7. The number of aromatic nitrogens is 3. The van der Waals surface area contributed by atoms with Gasteiger partial charge in [-0.15, -0.1) is 0 Å². The maximum Gasteiger partial charge on any atom is 0.322 e. The average molecular weight is 462 g/mol. The summed E-state index contributed by atoms with van der Waals surface area (Å²) in [6, 6.07) is 15.3. The van der Waals surface area contributed by atoms with Gasteiger partial charge in [0.1, 0.15) is 6.61 Å². The number of benzene rings is 3. The SMILES string of the molecule is CC(=O)Nc1ccccc1COc1nc(N)nc(-c2c(Cl)cc3c4c(cccc24)COC3)n1. The molecule has 166 valence electrons. The number of carbonyl (C=O) groups is 1. The van der Waals surface area contributed by atoms with Gasteiger partial charge >= 0.3 is 6.01 Å². The lowest BCUT2D eigenvalue weighted by molar-refractivity contribution is -0.114. The van der Waals surface area contributed by atoms with Crippen LogP contribution in [0, 0.1) is 0 Å². The van der Waals surface area contributed by atoms with Crippen molar-refractivity contribution in [1.82, 2.24) is 15.0 Å². The van der Waals surface area contributed by atoms with E-state index in [0.717, 1.165) is 27.5 Å². The molecule has 2 heterocycles. The zero-order valence-corrected chi connectivity index (χ0v) is 18.5. The van der Waals surface area contributed by atoms with E-state index in [1.807, 2.05) is 42.5 Å². The molecule has 1 aliphatic heterocycles. The van der Waals surface area contributed by atoms with Gasteiger partial charge in [0, 0.05) is 23.7 Å². The predicted molar refractivity (Wildman–Crippen MR) is 126 cm³/mol. The molecule has 4 aromatic rings. The van der Waals surface area contributed by atoms with E-state index in [1.54, 1.807) is 6.07 Å². The third-order valence-electron chi connectivity index (χ3n) is 5.34. The van der Waals surface area contributed by atoms with Gasteiger partial charge in [-0.1, -0.05) is 48.0 Å². The van der Waals surface area contributed by atoms with Crippen LogP contribution in [0.4, 0.5) is 11.6 Å². The molecule has 0 saturated heterocycles. The highest BCUT2D eigenvalue weighted by atomic mass is 35.5. The second kappa shape index (κ2) is 8.65. The van der Waals surface area contributed by atoms with E-state index in [9.17, 15) is 4.79 Å². The van der Waals surface area contributed by atoms with Crippen molar-refractivity contribution < 1.29 is 14.3 Å². The Hall–Kier alpha value is -3.75. The minimum absolute atomic E-state index is 0.0185. The predicted octanol–water partition coefficient (Wildman–Crippen LogP) is 4.50. The van der Waals surface area contributed by atoms with Crippen molar-refractivity contribution in [3.05, 3.63) is 70.2 Å². The molecular formula is C24H20ClN5O3. The Balaban J connectivity index is 1.53. The number of anilines is 2. The number of nitrogens with one attached hydrogen (secondary N) is 1. The van der Waals surface area contributed by atoms with Gasteiger partial charge < -0.3 is 20.5 Å². The number of rotatable bonds is 5. The molecule has 3 N–H and O–H groups in total. The van der Waals surface area contributed by atoms with Crippen molar-refractivity contribution >= 4 is 39.9 Å². The third-order valence-corrected chi connectivity index (χ3v) is 5.63. The smallest absolute Gasteiger partial charge is 0.322 e. The Bertz CT molecular complexity index is 1390. The average Bonchev–Trinajstić information content (AvgIpc) is 2.78. The number of nitrogens with zero attached hydrogens (tertiary/aromatic N) is 3. The van der Waals surface area contributed by atoms with Crippen molar-refractivity contribution in [2.75, 3.05) is 11.1 Å². The Morgan fingerprint density at radius 1 is 1.12 bits per heavy atom. The minimum Gasteiger partial charge on any atom is -0.458 e. The maximum absolute atomic E-state index is 11.5. The number of amides is 1. The molecule has 1 amide bonds. The van der Waals surface area contributed by atoms with Crippen LogP contribution < -0.4 is 15.8 Å². The molecule has 0 aliphatic carbocycles. The maximum atomic E-state index is 11.5. The normalized spacial score (nSPS) is 12.5. The van der Waals surface area contributed by atoms with E-state index in [1.165, 1.54) is 6.92 Å². The highest BCUT2D eigenvalue weighted by Gasteiger charge is 2.21. The molecule has 3 aromatic carbocycles. The van der Waals surface area contributed by atoms with Crippen LogP contribution in [0.25, 0.3) is 22.2 Å². The summed E-state index contributed by atoms with van der Waals surface area (Å²) in [6.45, 7) is 2.61. The standard InChI is InChI=1S/C24H20ClN5O3/c1-13(31)27-19-8-3-2-5-14(19)12-33-24-29-22(28-23(26)30-24)21-17-7-4-6-15-10-32-11-16(20(15)17)9-18(21)25/h2-9H,10-12H2,1H3,(H,27,31)(H2,26,28,29,30). The number of ether oxygens (including phenoxy) is 2. The van der Waals surface area contributed by atoms with Gasteiger partial charge in [-0.25, -0.2) is 0 Å². The number of hydrogen-bond acceptors (Lipinski definition) is 7. The van der Waals surface area contributed by atoms with E-state index >= 15 is 0 Å². The summed E-state index contributed by atoms with van der Waals surface area (Å²) in [7, 11) is 0. The molecule has 0 spiro atoms. The van der Waals surface area contributed by atoms with Crippen LogP contribution in [0.2, 0.25) is 5.02 Å². The summed E-state index contributed by atoms with van der Waals surface area (Å²) >= 11 is 6.67. The van der Waals surface area contributed by atoms with Crippen LogP contribution in [-0.4, -0.2) is 20.9 Å². The molecule has 5 rings (SSSR count). The Morgan fingerprint density at radius 2 is 1.94 bits per heavy atom. The zero-order chi connectivity index (χ0) is 22.9. The van der Waals surface area contributed by atoms with Crippen molar-refractivity contribution in [3.63, 3.8) is 0 Å². The summed E-state index contributed by atoms with van der Waals surface area (Å²) in [5, 5.41) is 5.29. The lowest BCUT2D eigenvalue weighted by atomic mass is 9.94. The molecule has 0 unspecified atom stereocenters. The number of hydrogen-bond donors (Lipinski definition) is 2. The van der Waals surface area contributed by atoms with E-state index in [0.29, 0.717) is 35.3 Å². The van der Waals surface area contributed by atoms with Crippen LogP contribution in [0.15, 0.2) is 48.5 Å². The number of halogens is 1. The second-order valence-corrected chi connectivity index (χ2v) is 8.06. The van der Waals surface area contributed by atoms with Gasteiger partial charge in [0.05, 0.1) is 18.2 Å². The summed E-state index contributed by atoms with van der Waals surface area (Å²) in [6.07, 6.45) is 0. The largest absolute Gasteiger partial charge is 0.458 e. The summed E-state index contributed by atoms with van der Waals surface area (Å²) in [5.41, 5.74) is 10.2. The fourth-order valence-corrected chi connectivity index (χ4v) is 4.31. The monoisotopic (exact) mass is 461 g/mol. The highest BCUT2D eigenvalue weighted by molar-refractivity contribution is 6.35. The van der Waals surface area contributed by atoms with Crippen LogP contribution in [0.5, 0.6) is 6.01 Å². The lowest BCUT2D eigenvalue weighted by Crippen LogP contribution is -2.10. The first kappa shape index (κ1) is 21.1. The van der Waals surface area contributed by atoms with E-state index in [4.69, 9.17) is 26.8 Å². The van der Waals surface area contributed by atoms with Crippen molar-refractivity contribution in [2.24, 2.45) is 0 Å².